The zero-order chi connectivity index (χ0) is 24.7. The number of aliphatic imine (C=N–C) groups is 1. The van der Waals surface area contributed by atoms with Gasteiger partial charge in [0.15, 0.2) is 5.75 Å². The molecule has 1 amide bonds. The molecule has 1 saturated heterocycles. The van der Waals surface area contributed by atoms with Gasteiger partial charge in [-0.3, -0.25) is 4.79 Å². The van der Waals surface area contributed by atoms with Crippen LogP contribution in [0.25, 0.3) is 0 Å². The maximum Gasteiger partial charge on any atom is 0.417 e. The predicted octanol–water partition coefficient (Wildman–Crippen LogP) is 6.04. The number of rotatable bonds is 1. The Balaban J connectivity index is 1.45. The van der Waals surface area contributed by atoms with E-state index in [9.17, 15) is 18.0 Å². The van der Waals surface area contributed by atoms with Crippen LogP contribution < -0.4 is 4.74 Å². The van der Waals surface area contributed by atoms with E-state index >= 15 is 0 Å². The van der Waals surface area contributed by atoms with Crippen molar-refractivity contribution in [1.82, 2.24) is 9.80 Å². The lowest BCUT2D eigenvalue weighted by molar-refractivity contribution is -0.138. The minimum atomic E-state index is -4.60. The minimum absolute atomic E-state index is 0.273. The molecule has 0 aromatic heterocycles. The first-order chi connectivity index (χ1) is 16.7. The maximum atomic E-state index is 13.5. The molecule has 0 radical (unpaired) electrons. The highest BCUT2D eigenvalue weighted by Crippen LogP contribution is 2.39. The van der Waals surface area contributed by atoms with E-state index in [1.54, 1.807) is 0 Å². The van der Waals surface area contributed by atoms with Crippen LogP contribution in [0.4, 0.5) is 18.9 Å². The Kier molecular flexibility index (Phi) is 5.75. The number of amidine groups is 1. The van der Waals surface area contributed by atoms with Crippen molar-refractivity contribution in [2.45, 2.75) is 26.1 Å². The molecule has 0 unspecified atom stereocenters. The lowest BCUT2D eigenvalue weighted by Crippen LogP contribution is -2.55. The fourth-order valence-electron chi connectivity index (χ4n) is 4.59. The number of nitrogens with zero attached hydrogens (tertiary/aromatic N) is 3. The molecule has 8 heteroatoms. The molecule has 0 aliphatic carbocycles. The van der Waals surface area contributed by atoms with Gasteiger partial charge in [-0.1, -0.05) is 30.3 Å². The van der Waals surface area contributed by atoms with Crippen LogP contribution in [-0.4, -0.2) is 47.2 Å². The number of ether oxygens (including phenoxy) is 1. The third-order valence-electron chi connectivity index (χ3n) is 6.34. The Morgan fingerprint density at radius 3 is 2.51 bits per heavy atom. The number of amides is 1. The number of aryl methyl sites for hydroxylation is 1. The molecule has 0 saturated carbocycles. The number of halogens is 3. The molecule has 1 atom stereocenters. The van der Waals surface area contributed by atoms with E-state index in [-0.39, 0.29) is 18.2 Å². The van der Waals surface area contributed by atoms with Gasteiger partial charge in [0.2, 0.25) is 0 Å². The van der Waals surface area contributed by atoms with E-state index in [1.165, 1.54) is 23.1 Å². The molecule has 2 heterocycles. The lowest BCUT2D eigenvalue weighted by Gasteiger charge is -2.41. The average Bonchev–Trinajstić information content (AvgIpc) is 2.99. The monoisotopic (exact) mass is 479 g/mol. The third-order valence-corrected chi connectivity index (χ3v) is 6.34. The summed E-state index contributed by atoms with van der Waals surface area (Å²) in [5, 5.41) is 0. The summed E-state index contributed by atoms with van der Waals surface area (Å²) >= 11 is 0. The van der Waals surface area contributed by atoms with Crippen LogP contribution in [0.2, 0.25) is 0 Å². The van der Waals surface area contributed by atoms with Gasteiger partial charge in [0, 0.05) is 25.7 Å². The number of para-hydroxylation sites is 1. The molecule has 0 N–H and O–H groups in total. The molecule has 180 valence electrons. The van der Waals surface area contributed by atoms with Gasteiger partial charge in [0.25, 0.3) is 5.91 Å². The minimum Gasteiger partial charge on any atom is -0.454 e. The highest BCUT2D eigenvalue weighted by Gasteiger charge is 2.38. The summed E-state index contributed by atoms with van der Waals surface area (Å²) in [4.78, 5) is 21.7. The summed E-state index contributed by atoms with van der Waals surface area (Å²) in [5.74, 6) is 1.45. The van der Waals surface area contributed by atoms with Crippen LogP contribution in [0.1, 0.15) is 34.0 Å². The Morgan fingerprint density at radius 2 is 1.74 bits per heavy atom. The summed E-state index contributed by atoms with van der Waals surface area (Å²) in [6.07, 6.45) is -4.60. The normalized spacial score (nSPS) is 17.6. The first-order valence-electron chi connectivity index (χ1n) is 11.4. The van der Waals surface area contributed by atoms with Crippen molar-refractivity contribution in [2.75, 3.05) is 19.6 Å². The second kappa shape index (κ2) is 8.76. The summed E-state index contributed by atoms with van der Waals surface area (Å²) in [6, 6.07) is 18.1. The van der Waals surface area contributed by atoms with Crippen LogP contribution in [0.5, 0.6) is 11.5 Å². The number of alkyl halides is 3. The number of piperazine rings is 1. The van der Waals surface area contributed by atoms with Gasteiger partial charge in [-0.05, 0) is 55.8 Å². The summed E-state index contributed by atoms with van der Waals surface area (Å²) in [5.41, 5.74) is 1.35. The number of hydrogen-bond donors (Lipinski definition) is 0. The fraction of sp³-hybridized carbons (Fsp3) is 0.259. The molecule has 3 aromatic rings. The Bertz CT molecular complexity index is 1320. The molecule has 2 aliphatic heterocycles. The van der Waals surface area contributed by atoms with Gasteiger partial charge in [0.1, 0.15) is 17.3 Å². The Hall–Kier alpha value is -3.81. The van der Waals surface area contributed by atoms with E-state index in [4.69, 9.17) is 9.73 Å². The standard InChI is InChI=1S/C27H24F3N3O2/c1-17-11-12-22-24(15-17)35-23-10-6-4-8-20(23)25(31-22)32-13-14-33(18(2)16-32)26(34)19-7-3-5-9-21(19)27(28,29)30/h3-12,15,18H,13-14,16H2,1-2H3/t18-/m1/s1. The smallest absolute Gasteiger partial charge is 0.417 e. The van der Waals surface area contributed by atoms with E-state index in [0.717, 1.165) is 23.0 Å². The SMILES string of the molecule is Cc1ccc2c(c1)Oc1ccccc1C(N1CCN(C(=O)c3ccccc3C(F)(F)F)[C@H](C)C1)=N2. The van der Waals surface area contributed by atoms with E-state index < -0.39 is 17.6 Å². The first kappa shape index (κ1) is 23.0. The van der Waals surface area contributed by atoms with Crippen molar-refractivity contribution in [3.8, 4) is 11.5 Å². The highest BCUT2D eigenvalue weighted by molar-refractivity contribution is 6.04. The zero-order valence-electron chi connectivity index (χ0n) is 19.3. The lowest BCUT2D eigenvalue weighted by atomic mass is 10.0. The van der Waals surface area contributed by atoms with Crippen molar-refractivity contribution in [1.29, 1.82) is 0 Å². The molecule has 35 heavy (non-hydrogen) atoms. The fourth-order valence-corrected chi connectivity index (χ4v) is 4.59. The van der Waals surface area contributed by atoms with Gasteiger partial charge in [-0.2, -0.15) is 13.2 Å². The van der Waals surface area contributed by atoms with Gasteiger partial charge in [0.05, 0.1) is 16.7 Å². The van der Waals surface area contributed by atoms with Gasteiger partial charge >= 0.3 is 6.18 Å². The largest absolute Gasteiger partial charge is 0.454 e. The van der Waals surface area contributed by atoms with Gasteiger partial charge < -0.3 is 14.5 Å². The zero-order valence-corrected chi connectivity index (χ0v) is 19.3. The van der Waals surface area contributed by atoms with Crippen LogP contribution in [-0.2, 0) is 6.18 Å². The number of benzene rings is 3. The number of fused-ring (bicyclic) bond motifs is 2. The van der Waals surface area contributed by atoms with E-state index in [0.29, 0.717) is 30.3 Å². The number of hydrogen-bond acceptors (Lipinski definition) is 4. The van der Waals surface area contributed by atoms with E-state index in [2.05, 4.69) is 4.90 Å². The summed E-state index contributed by atoms with van der Waals surface area (Å²) < 4.78 is 46.7. The summed E-state index contributed by atoms with van der Waals surface area (Å²) in [6.45, 7) is 4.96. The van der Waals surface area contributed by atoms with Crippen molar-refractivity contribution in [2.24, 2.45) is 4.99 Å². The van der Waals surface area contributed by atoms with Crippen LogP contribution >= 0.6 is 0 Å². The number of carbonyl (C=O) groups excluding carboxylic acids is 1. The molecule has 3 aromatic carbocycles. The topological polar surface area (TPSA) is 45.1 Å². The van der Waals surface area contributed by atoms with Crippen molar-refractivity contribution >= 4 is 17.4 Å². The van der Waals surface area contributed by atoms with Crippen LogP contribution in [0.3, 0.4) is 0 Å². The number of carbonyl (C=O) groups is 1. The Labute approximate surface area is 201 Å². The third kappa shape index (κ3) is 4.36. The van der Waals surface area contributed by atoms with E-state index in [1.807, 2.05) is 56.3 Å². The molecule has 1 fully saturated rings. The quantitative estimate of drug-likeness (QED) is 0.427. The average molecular weight is 480 g/mol. The molecule has 0 spiro atoms. The van der Waals surface area contributed by atoms with Gasteiger partial charge in [-0.25, -0.2) is 4.99 Å². The van der Waals surface area contributed by atoms with Crippen molar-refractivity contribution < 1.29 is 22.7 Å². The molecule has 5 nitrogen and oxygen atoms in total. The summed E-state index contributed by atoms with van der Waals surface area (Å²) in [7, 11) is 0. The molecule has 5 rings (SSSR count). The Morgan fingerprint density at radius 1 is 1.00 bits per heavy atom. The van der Waals surface area contributed by atoms with Crippen molar-refractivity contribution in [3.05, 3.63) is 89.0 Å². The molecule has 2 aliphatic rings. The maximum absolute atomic E-state index is 13.5. The van der Waals surface area contributed by atoms with Gasteiger partial charge in [-0.15, -0.1) is 0 Å². The second-order valence-electron chi connectivity index (χ2n) is 8.84. The van der Waals surface area contributed by atoms with Crippen LogP contribution in [0.15, 0.2) is 71.7 Å². The molecular weight excluding hydrogens is 455 g/mol. The highest BCUT2D eigenvalue weighted by atomic mass is 19.4. The molecular formula is C27H24F3N3O2. The first-order valence-corrected chi connectivity index (χ1v) is 11.4. The van der Waals surface area contributed by atoms with Crippen molar-refractivity contribution in [3.63, 3.8) is 0 Å². The predicted molar refractivity (Wildman–Crippen MR) is 127 cm³/mol. The van der Waals surface area contributed by atoms with Crippen LogP contribution in [0, 0.1) is 6.92 Å². The molecule has 0 bridgehead atoms. The second-order valence-corrected chi connectivity index (χ2v) is 8.84.